The standard InChI is InChI=1S/C11H8N4O2S/c12-10-13-11(15-14-10)18-8-5-6-3-1-2-4-7(6)17-9(8)16/h1-5H,(H3,12,13,14,15). The van der Waals surface area contributed by atoms with Gasteiger partial charge in [0.05, 0.1) is 0 Å². The number of nitrogens with one attached hydrogen (secondary N) is 1. The first kappa shape index (κ1) is 10.8. The molecular formula is C11H8N4O2S. The second-order valence-corrected chi connectivity index (χ2v) is 4.55. The van der Waals surface area contributed by atoms with Crippen LogP contribution in [0.4, 0.5) is 5.95 Å². The highest BCUT2D eigenvalue weighted by Gasteiger charge is 2.09. The molecule has 2 aromatic heterocycles. The van der Waals surface area contributed by atoms with Crippen molar-refractivity contribution >= 4 is 28.7 Å². The molecule has 90 valence electrons. The van der Waals surface area contributed by atoms with Crippen molar-refractivity contribution in [2.45, 2.75) is 10.1 Å². The molecular weight excluding hydrogens is 252 g/mol. The Hall–Kier alpha value is -2.28. The van der Waals surface area contributed by atoms with Gasteiger partial charge in [-0.1, -0.05) is 18.2 Å². The average Bonchev–Trinajstić information content (AvgIpc) is 2.76. The van der Waals surface area contributed by atoms with Crippen LogP contribution in [0.3, 0.4) is 0 Å². The number of nitrogens with zero attached hydrogens (tertiary/aromatic N) is 2. The van der Waals surface area contributed by atoms with Crippen molar-refractivity contribution in [2.24, 2.45) is 0 Å². The summed E-state index contributed by atoms with van der Waals surface area (Å²) in [5, 5.41) is 7.60. The van der Waals surface area contributed by atoms with E-state index in [2.05, 4.69) is 15.2 Å². The number of hydrogen-bond donors (Lipinski definition) is 2. The predicted molar refractivity (Wildman–Crippen MR) is 67.4 cm³/mol. The molecule has 0 unspecified atom stereocenters. The highest BCUT2D eigenvalue weighted by atomic mass is 32.2. The Balaban J connectivity index is 2.06. The van der Waals surface area contributed by atoms with Crippen molar-refractivity contribution in [1.82, 2.24) is 15.2 Å². The summed E-state index contributed by atoms with van der Waals surface area (Å²) in [6.45, 7) is 0. The van der Waals surface area contributed by atoms with Crippen LogP contribution >= 0.6 is 11.8 Å². The van der Waals surface area contributed by atoms with Gasteiger partial charge >= 0.3 is 5.63 Å². The van der Waals surface area contributed by atoms with E-state index in [1.165, 1.54) is 0 Å². The molecule has 0 bridgehead atoms. The number of nitrogen functional groups attached to an aromatic ring is 1. The minimum absolute atomic E-state index is 0.211. The van der Waals surface area contributed by atoms with E-state index in [4.69, 9.17) is 10.2 Å². The van der Waals surface area contributed by atoms with Gasteiger partial charge in [0.2, 0.25) is 11.1 Å². The van der Waals surface area contributed by atoms with Crippen LogP contribution in [0, 0.1) is 0 Å². The average molecular weight is 260 g/mol. The first-order valence-corrected chi connectivity index (χ1v) is 5.92. The van der Waals surface area contributed by atoms with E-state index < -0.39 is 5.63 Å². The lowest BCUT2D eigenvalue weighted by Gasteiger charge is -1.98. The molecule has 3 rings (SSSR count). The Morgan fingerprint density at radius 1 is 1.33 bits per heavy atom. The van der Waals surface area contributed by atoms with Crippen molar-refractivity contribution in [1.29, 1.82) is 0 Å². The van der Waals surface area contributed by atoms with E-state index in [-0.39, 0.29) is 5.95 Å². The molecule has 0 radical (unpaired) electrons. The Labute approximate surface area is 105 Å². The monoisotopic (exact) mass is 260 g/mol. The molecule has 0 atom stereocenters. The summed E-state index contributed by atoms with van der Waals surface area (Å²) >= 11 is 1.11. The van der Waals surface area contributed by atoms with Gasteiger partial charge in [0.25, 0.3) is 0 Å². The maximum Gasteiger partial charge on any atom is 0.350 e. The first-order valence-electron chi connectivity index (χ1n) is 5.11. The molecule has 3 N–H and O–H groups in total. The van der Waals surface area contributed by atoms with Gasteiger partial charge in [0.1, 0.15) is 10.5 Å². The highest BCUT2D eigenvalue weighted by Crippen LogP contribution is 2.24. The van der Waals surface area contributed by atoms with Crippen LogP contribution in [0.15, 0.2) is 49.6 Å². The predicted octanol–water partition coefficient (Wildman–Crippen LogP) is 1.64. The maximum atomic E-state index is 11.8. The van der Waals surface area contributed by atoms with Crippen LogP contribution in [0.25, 0.3) is 11.0 Å². The molecule has 0 aliphatic carbocycles. The zero-order valence-corrected chi connectivity index (χ0v) is 9.90. The first-order chi connectivity index (χ1) is 8.72. The molecule has 0 amide bonds. The van der Waals surface area contributed by atoms with Gasteiger partial charge in [-0.15, -0.1) is 5.10 Å². The summed E-state index contributed by atoms with van der Waals surface area (Å²) in [4.78, 5) is 16.1. The van der Waals surface area contributed by atoms with Crippen molar-refractivity contribution in [2.75, 3.05) is 5.73 Å². The minimum Gasteiger partial charge on any atom is -0.422 e. The molecule has 0 spiro atoms. The van der Waals surface area contributed by atoms with Crippen molar-refractivity contribution in [3.63, 3.8) is 0 Å². The number of anilines is 1. The smallest absolute Gasteiger partial charge is 0.350 e. The summed E-state index contributed by atoms with van der Waals surface area (Å²) in [7, 11) is 0. The van der Waals surface area contributed by atoms with Crippen LogP contribution < -0.4 is 11.4 Å². The fourth-order valence-electron chi connectivity index (χ4n) is 1.52. The maximum absolute atomic E-state index is 11.8. The molecule has 6 nitrogen and oxygen atoms in total. The van der Waals surface area contributed by atoms with E-state index in [1.54, 1.807) is 12.1 Å². The van der Waals surface area contributed by atoms with E-state index >= 15 is 0 Å². The number of para-hydroxylation sites is 1. The van der Waals surface area contributed by atoms with Crippen LogP contribution in [0.2, 0.25) is 0 Å². The minimum atomic E-state index is -0.415. The number of aromatic amines is 1. The van der Waals surface area contributed by atoms with E-state index in [9.17, 15) is 4.79 Å². The lowest BCUT2D eigenvalue weighted by molar-refractivity contribution is 0.543. The summed E-state index contributed by atoms with van der Waals surface area (Å²) in [5.74, 6) is 0.211. The molecule has 0 saturated carbocycles. The van der Waals surface area contributed by atoms with Crippen LogP contribution in [0.5, 0.6) is 0 Å². The van der Waals surface area contributed by atoms with E-state index in [0.29, 0.717) is 15.6 Å². The second-order valence-electron chi connectivity index (χ2n) is 3.54. The van der Waals surface area contributed by atoms with Gasteiger partial charge < -0.3 is 10.2 Å². The van der Waals surface area contributed by atoms with Crippen LogP contribution in [-0.4, -0.2) is 15.2 Å². The Kier molecular flexibility index (Phi) is 2.52. The number of aromatic nitrogens is 3. The molecule has 0 aliphatic heterocycles. The van der Waals surface area contributed by atoms with Gasteiger partial charge in [0.15, 0.2) is 0 Å². The van der Waals surface area contributed by atoms with Gasteiger partial charge in [-0.25, -0.2) is 9.89 Å². The fourth-order valence-corrected chi connectivity index (χ4v) is 2.26. The molecule has 0 saturated heterocycles. The SMILES string of the molecule is Nc1nc(Sc2cc3ccccc3oc2=O)n[nH]1. The van der Waals surface area contributed by atoms with E-state index in [1.807, 2.05) is 18.2 Å². The third kappa shape index (κ3) is 1.95. The molecule has 0 aliphatic rings. The summed E-state index contributed by atoms with van der Waals surface area (Å²) in [6, 6.07) is 9.05. The second kappa shape index (κ2) is 4.19. The fraction of sp³-hybridized carbons (Fsp3) is 0. The number of rotatable bonds is 2. The van der Waals surface area contributed by atoms with Crippen molar-refractivity contribution in [3.05, 3.63) is 40.8 Å². The highest BCUT2D eigenvalue weighted by molar-refractivity contribution is 7.99. The number of nitrogens with two attached hydrogens (primary N) is 1. The third-order valence-corrected chi connectivity index (χ3v) is 3.16. The van der Waals surface area contributed by atoms with E-state index in [0.717, 1.165) is 17.1 Å². The summed E-state index contributed by atoms with van der Waals surface area (Å²) < 4.78 is 5.20. The molecule has 3 aromatic rings. The van der Waals surface area contributed by atoms with Gasteiger partial charge in [-0.3, -0.25) is 0 Å². The molecule has 7 heteroatoms. The van der Waals surface area contributed by atoms with Crippen LogP contribution in [0.1, 0.15) is 0 Å². The summed E-state index contributed by atoms with van der Waals surface area (Å²) in [6.07, 6.45) is 0. The Bertz CT molecular complexity index is 765. The molecule has 1 aromatic carbocycles. The molecule has 2 heterocycles. The number of H-pyrrole nitrogens is 1. The zero-order chi connectivity index (χ0) is 12.5. The Morgan fingerprint density at radius 2 is 2.17 bits per heavy atom. The quantitative estimate of drug-likeness (QED) is 0.680. The number of benzene rings is 1. The van der Waals surface area contributed by atoms with Crippen molar-refractivity contribution in [3.8, 4) is 0 Å². The molecule has 0 fully saturated rings. The van der Waals surface area contributed by atoms with Crippen LogP contribution in [-0.2, 0) is 0 Å². The summed E-state index contributed by atoms with van der Waals surface area (Å²) in [5.41, 5.74) is 5.56. The normalized spacial score (nSPS) is 10.9. The van der Waals surface area contributed by atoms with Gasteiger partial charge in [-0.2, -0.15) is 4.98 Å². The lowest BCUT2D eigenvalue weighted by atomic mass is 10.2. The molecule has 18 heavy (non-hydrogen) atoms. The van der Waals surface area contributed by atoms with Gasteiger partial charge in [0, 0.05) is 5.39 Å². The zero-order valence-electron chi connectivity index (χ0n) is 9.08. The Morgan fingerprint density at radius 3 is 2.94 bits per heavy atom. The topological polar surface area (TPSA) is 97.8 Å². The largest absolute Gasteiger partial charge is 0.422 e. The lowest BCUT2D eigenvalue weighted by Crippen LogP contribution is -2.01. The van der Waals surface area contributed by atoms with Gasteiger partial charge in [-0.05, 0) is 23.9 Å². The van der Waals surface area contributed by atoms with Crippen molar-refractivity contribution < 1.29 is 4.42 Å². The number of hydrogen-bond acceptors (Lipinski definition) is 6. The number of fused-ring (bicyclic) bond motifs is 1. The third-order valence-electron chi connectivity index (χ3n) is 2.29.